The standard InChI is InChI=1S/C31H31F4N5O2/c1-15(2)10-24-27(28(37)41)26(20(13-36)29(39-24)38-16(3)18-5-6-18)19-7-9-25-21(12-19)31(34,35)30(42)40(25)14-17-4-8-22(32)23(33)11-17/h4,7-9,11-13,15-16,18,36H,5-6,10,14H2,1-3H3,(H2,37,41)(H,38,39)/p+1. The van der Waals surface area contributed by atoms with Crippen LogP contribution in [0.4, 0.5) is 29.1 Å². The number of hydrogen-bond donors (Lipinski definition) is 3. The van der Waals surface area contributed by atoms with Crippen LogP contribution in [0, 0.1) is 23.5 Å². The number of aromatic nitrogens is 1. The minimum Gasteiger partial charge on any atom is -0.367 e. The Labute approximate surface area is 240 Å². The molecule has 11 heteroatoms. The van der Waals surface area contributed by atoms with E-state index in [4.69, 9.17) is 16.1 Å². The zero-order chi connectivity index (χ0) is 30.5. The second kappa shape index (κ2) is 10.8. The molecule has 2 heterocycles. The van der Waals surface area contributed by atoms with Crippen LogP contribution in [-0.2, 0) is 23.7 Å². The van der Waals surface area contributed by atoms with Crippen LogP contribution >= 0.6 is 0 Å². The topological polar surface area (TPSA) is 114 Å². The molecule has 0 bridgehead atoms. The number of fused-ring (bicyclic) bond motifs is 1. The van der Waals surface area contributed by atoms with Crippen molar-refractivity contribution >= 4 is 29.5 Å². The number of nitrogens with one attached hydrogen (secondary N) is 1. The van der Waals surface area contributed by atoms with Crippen molar-refractivity contribution in [3.05, 3.63) is 76.0 Å². The van der Waals surface area contributed by atoms with Crippen molar-refractivity contribution in [1.29, 1.82) is 0 Å². The first-order chi connectivity index (χ1) is 19.8. The second-order valence-electron chi connectivity index (χ2n) is 11.4. The summed E-state index contributed by atoms with van der Waals surface area (Å²) < 4.78 is 58.2. The molecule has 1 atom stereocenters. The number of amides is 2. The van der Waals surface area contributed by atoms with E-state index < -0.39 is 41.5 Å². The maximum absolute atomic E-state index is 15.5. The van der Waals surface area contributed by atoms with Crippen molar-refractivity contribution in [2.45, 2.75) is 58.5 Å². The van der Waals surface area contributed by atoms with Gasteiger partial charge in [0, 0.05) is 11.6 Å². The number of hydrogen-bond acceptors (Lipinski definition) is 4. The fraction of sp³-hybridized carbons (Fsp3) is 0.355. The van der Waals surface area contributed by atoms with E-state index in [-0.39, 0.29) is 39.9 Å². The summed E-state index contributed by atoms with van der Waals surface area (Å²) in [5.41, 5.74) is 6.57. The number of alkyl halides is 2. The van der Waals surface area contributed by atoms with Crippen LogP contribution in [0.15, 0.2) is 36.4 Å². The Kier molecular flexibility index (Phi) is 7.55. The molecule has 2 aromatic carbocycles. The molecule has 0 radical (unpaired) electrons. The van der Waals surface area contributed by atoms with Gasteiger partial charge in [-0.05, 0) is 73.4 Å². The lowest BCUT2D eigenvalue weighted by Crippen LogP contribution is -2.34. The quantitative estimate of drug-likeness (QED) is 0.244. The Balaban J connectivity index is 1.67. The van der Waals surface area contributed by atoms with Gasteiger partial charge >= 0.3 is 11.8 Å². The Morgan fingerprint density at radius 2 is 1.88 bits per heavy atom. The minimum absolute atomic E-state index is 0.0576. The summed E-state index contributed by atoms with van der Waals surface area (Å²) in [6.45, 7) is 5.54. The Bertz CT molecular complexity index is 1600. The molecule has 42 heavy (non-hydrogen) atoms. The monoisotopic (exact) mass is 582 g/mol. The normalized spacial score (nSPS) is 16.5. The van der Waals surface area contributed by atoms with Gasteiger partial charge in [-0.25, -0.2) is 13.8 Å². The lowest BCUT2D eigenvalue weighted by Gasteiger charge is -2.22. The van der Waals surface area contributed by atoms with Crippen LogP contribution < -0.4 is 21.4 Å². The van der Waals surface area contributed by atoms with Crippen molar-refractivity contribution in [3.8, 4) is 11.1 Å². The van der Waals surface area contributed by atoms with Crippen molar-refractivity contribution in [3.63, 3.8) is 0 Å². The average Bonchev–Trinajstić information content (AvgIpc) is 3.75. The Morgan fingerprint density at radius 1 is 1.17 bits per heavy atom. The van der Waals surface area contributed by atoms with Gasteiger partial charge in [0.25, 0.3) is 5.91 Å². The van der Waals surface area contributed by atoms with Gasteiger partial charge in [0.1, 0.15) is 5.82 Å². The number of pyridine rings is 1. The van der Waals surface area contributed by atoms with Gasteiger partial charge in [0.05, 0.1) is 34.6 Å². The highest BCUT2D eigenvalue weighted by Gasteiger charge is 2.53. The molecular weight excluding hydrogens is 550 g/mol. The zero-order valence-corrected chi connectivity index (χ0v) is 23.5. The van der Waals surface area contributed by atoms with E-state index in [9.17, 15) is 18.4 Å². The van der Waals surface area contributed by atoms with E-state index >= 15 is 8.78 Å². The molecule has 1 aromatic heterocycles. The smallest absolute Gasteiger partial charge is 0.352 e. The second-order valence-corrected chi connectivity index (χ2v) is 11.4. The van der Waals surface area contributed by atoms with Gasteiger partial charge in [-0.1, -0.05) is 26.0 Å². The van der Waals surface area contributed by atoms with E-state index in [1.807, 2.05) is 20.8 Å². The van der Waals surface area contributed by atoms with Gasteiger partial charge in [-0.2, -0.15) is 8.78 Å². The molecule has 2 amide bonds. The summed E-state index contributed by atoms with van der Waals surface area (Å²) in [6.07, 6.45) is 3.79. The molecular formula is C31H32F4N5O2+. The van der Waals surface area contributed by atoms with Crippen LogP contribution in [0.2, 0.25) is 0 Å². The summed E-state index contributed by atoms with van der Waals surface area (Å²) in [6, 6.07) is 7.02. The molecule has 1 aliphatic heterocycles. The SMILES string of the molecule is CC(C)Cc1nc(NC(C)C2CC2)c(C=[NH2+])c(-c2ccc3c(c2)C(F)(F)C(=O)N3Cc2ccc(F)c(F)c2)c1C(N)=O. The molecule has 0 spiro atoms. The number of primary amides is 1. The highest BCUT2D eigenvalue weighted by Crippen LogP contribution is 2.47. The summed E-state index contributed by atoms with van der Waals surface area (Å²) in [5, 5.41) is 9.46. The fourth-order valence-electron chi connectivity index (χ4n) is 5.50. The number of rotatable bonds is 10. The summed E-state index contributed by atoms with van der Waals surface area (Å²) in [7, 11) is 0. The van der Waals surface area contributed by atoms with Crippen LogP contribution in [0.1, 0.15) is 66.4 Å². The lowest BCUT2D eigenvalue weighted by atomic mass is 9.89. The third-order valence-electron chi connectivity index (χ3n) is 7.77. The number of benzene rings is 2. The number of carbonyl (C=O) groups is 2. The Hall–Kier alpha value is -4.28. The van der Waals surface area contributed by atoms with Crippen LogP contribution in [0.3, 0.4) is 0 Å². The summed E-state index contributed by atoms with van der Waals surface area (Å²) >= 11 is 0. The number of nitrogens with zero attached hydrogens (tertiary/aromatic N) is 2. The molecule has 2 aliphatic rings. The maximum Gasteiger partial charge on any atom is 0.352 e. The largest absolute Gasteiger partial charge is 0.367 e. The molecule has 5 rings (SSSR count). The zero-order valence-electron chi connectivity index (χ0n) is 23.5. The first-order valence-corrected chi connectivity index (χ1v) is 13.8. The predicted molar refractivity (Wildman–Crippen MR) is 151 cm³/mol. The van der Waals surface area contributed by atoms with Crippen molar-refractivity contribution in [2.75, 3.05) is 10.2 Å². The fourth-order valence-corrected chi connectivity index (χ4v) is 5.50. The van der Waals surface area contributed by atoms with Crippen LogP contribution in [0.25, 0.3) is 11.1 Å². The maximum atomic E-state index is 15.5. The van der Waals surface area contributed by atoms with Gasteiger partial charge in [-0.15, -0.1) is 0 Å². The first kappa shape index (κ1) is 29.2. The summed E-state index contributed by atoms with van der Waals surface area (Å²) in [5.74, 6) is -7.49. The van der Waals surface area contributed by atoms with Crippen molar-refractivity contribution in [1.82, 2.24) is 4.98 Å². The number of halogens is 4. The molecule has 1 saturated carbocycles. The minimum atomic E-state index is -3.92. The molecule has 5 N–H and O–H groups in total. The van der Waals surface area contributed by atoms with Gasteiger partial charge in [0.2, 0.25) is 0 Å². The molecule has 1 fully saturated rings. The third-order valence-corrected chi connectivity index (χ3v) is 7.77. The van der Waals surface area contributed by atoms with Crippen LogP contribution in [-0.4, -0.2) is 29.1 Å². The molecule has 3 aromatic rings. The molecule has 220 valence electrons. The lowest BCUT2D eigenvalue weighted by molar-refractivity contribution is -0.141. The van der Waals surface area contributed by atoms with Gasteiger partial charge in [-0.3, -0.25) is 15.0 Å². The van der Waals surface area contributed by atoms with E-state index in [1.54, 1.807) is 0 Å². The van der Waals surface area contributed by atoms with Gasteiger partial charge < -0.3 is 16.0 Å². The van der Waals surface area contributed by atoms with E-state index in [0.717, 1.165) is 35.9 Å². The van der Waals surface area contributed by atoms with E-state index in [0.29, 0.717) is 29.4 Å². The molecule has 0 saturated heterocycles. The third kappa shape index (κ3) is 5.23. The molecule has 1 unspecified atom stereocenters. The average molecular weight is 583 g/mol. The Morgan fingerprint density at radius 3 is 2.48 bits per heavy atom. The van der Waals surface area contributed by atoms with Crippen molar-refractivity contribution in [2.24, 2.45) is 17.6 Å². The van der Waals surface area contributed by atoms with Crippen LogP contribution in [0.5, 0.6) is 0 Å². The number of carbonyl (C=O) groups excluding carboxylic acids is 2. The molecule has 7 nitrogen and oxygen atoms in total. The first-order valence-electron chi connectivity index (χ1n) is 13.8. The number of anilines is 2. The highest BCUT2D eigenvalue weighted by molar-refractivity contribution is 6.09. The van der Waals surface area contributed by atoms with E-state index in [1.165, 1.54) is 24.4 Å². The number of nitrogens with two attached hydrogens (primary N) is 2. The van der Waals surface area contributed by atoms with Crippen molar-refractivity contribution < 1.29 is 32.6 Å². The molecule has 1 aliphatic carbocycles. The van der Waals surface area contributed by atoms with Gasteiger partial charge in [0.15, 0.2) is 17.8 Å². The predicted octanol–water partition coefficient (Wildman–Crippen LogP) is 4.35. The van der Waals surface area contributed by atoms with E-state index in [2.05, 4.69) is 5.32 Å². The summed E-state index contributed by atoms with van der Waals surface area (Å²) in [4.78, 5) is 31.3. The highest BCUT2D eigenvalue weighted by atomic mass is 19.3.